The van der Waals surface area contributed by atoms with Gasteiger partial charge in [0.05, 0.1) is 6.54 Å². The minimum Gasteiger partial charge on any atom is -0.351 e. The van der Waals surface area contributed by atoms with Crippen molar-refractivity contribution < 1.29 is 14.4 Å². The third-order valence-corrected chi connectivity index (χ3v) is 5.35. The summed E-state index contributed by atoms with van der Waals surface area (Å²) in [7, 11) is 0. The van der Waals surface area contributed by atoms with Gasteiger partial charge in [-0.25, -0.2) is 0 Å². The molecule has 28 heavy (non-hydrogen) atoms. The van der Waals surface area contributed by atoms with Gasteiger partial charge in [0, 0.05) is 25.2 Å². The van der Waals surface area contributed by atoms with Crippen molar-refractivity contribution in [2.45, 2.75) is 38.1 Å². The number of carbonyl (C=O) groups excluding carboxylic acids is 3. The van der Waals surface area contributed by atoms with Crippen LogP contribution in [-0.2, 0) is 9.59 Å². The van der Waals surface area contributed by atoms with Crippen molar-refractivity contribution >= 4 is 35.1 Å². The zero-order chi connectivity index (χ0) is 19.9. The fourth-order valence-electron chi connectivity index (χ4n) is 3.59. The maximum Gasteiger partial charge on any atom is 0.257 e. The maximum atomic E-state index is 12.9. The van der Waals surface area contributed by atoms with Crippen LogP contribution in [0.4, 0.5) is 0 Å². The summed E-state index contributed by atoms with van der Waals surface area (Å²) in [5.41, 5.74) is 0.497. The molecule has 2 aliphatic rings. The number of likely N-dealkylation sites (tertiary alicyclic amines) is 2. The van der Waals surface area contributed by atoms with Gasteiger partial charge >= 0.3 is 0 Å². The number of hydrogen-bond donors (Lipinski definition) is 2. The molecule has 1 unspecified atom stereocenters. The van der Waals surface area contributed by atoms with Gasteiger partial charge in [-0.05, 0) is 56.5 Å². The smallest absolute Gasteiger partial charge is 0.257 e. The van der Waals surface area contributed by atoms with E-state index in [1.807, 2.05) is 11.0 Å². The van der Waals surface area contributed by atoms with E-state index in [-0.39, 0.29) is 29.4 Å². The quantitative estimate of drug-likeness (QED) is 0.742. The number of nitrogens with one attached hydrogen (secondary N) is 2. The van der Waals surface area contributed by atoms with Crippen LogP contribution in [0.5, 0.6) is 0 Å². The molecule has 0 bridgehead atoms. The zero-order valence-corrected chi connectivity index (χ0v) is 16.7. The molecule has 0 aromatic heterocycles. The first-order valence-corrected chi connectivity index (χ1v) is 10.2. The number of rotatable bonds is 4. The van der Waals surface area contributed by atoms with E-state index in [0.29, 0.717) is 18.5 Å². The summed E-state index contributed by atoms with van der Waals surface area (Å²) in [6.45, 7) is 2.23. The van der Waals surface area contributed by atoms with E-state index < -0.39 is 6.04 Å². The summed E-state index contributed by atoms with van der Waals surface area (Å²) in [5, 5.41) is 5.71. The van der Waals surface area contributed by atoms with Gasteiger partial charge in [-0.1, -0.05) is 18.2 Å². The van der Waals surface area contributed by atoms with Crippen LogP contribution in [0.2, 0.25) is 0 Å². The molecule has 2 saturated heterocycles. The molecule has 1 aromatic carbocycles. The van der Waals surface area contributed by atoms with Gasteiger partial charge in [-0.2, -0.15) is 0 Å². The van der Waals surface area contributed by atoms with Gasteiger partial charge in [-0.15, -0.1) is 0 Å². The fourth-order valence-corrected chi connectivity index (χ4v) is 3.82. The Morgan fingerprint density at radius 1 is 1.04 bits per heavy atom. The van der Waals surface area contributed by atoms with Crippen molar-refractivity contribution in [3.8, 4) is 0 Å². The Kier molecular flexibility index (Phi) is 6.97. The number of thiocarbonyl (C=S) groups is 1. The molecule has 2 fully saturated rings. The summed E-state index contributed by atoms with van der Waals surface area (Å²) < 4.78 is 0. The van der Waals surface area contributed by atoms with E-state index in [4.69, 9.17) is 12.2 Å². The normalized spacial score (nSPS) is 19.9. The molecule has 0 spiro atoms. The van der Waals surface area contributed by atoms with E-state index in [9.17, 15) is 14.4 Å². The lowest BCUT2D eigenvalue weighted by Crippen LogP contribution is -2.52. The Hall–Kier alpha value is -2.48. The summed E-state index contributed by atoms with van der Waals surface area (Å²) in [4.78, 5) is 41.0. The summed E-state index contributed by atoms with van der Waals surface area (Å²) in [6.07, 6.45) is 4.38. The molecule has 2 heterocycles. The Bertz CT molecular complexity index is 734. The van der Waals surface area contributed by atoms with Crippen LogP contribution in [0.25, 0.3) is 0 Å². The van der Waals surface area contributed by atoms with Gasteiger partial charge in [0.1, 0.15) is 6.04 Å². The molecule has 0 radical (unpaired) electrons. The van der Waals surface area contributed by atoms with Gasteiger partial charge in [0.2, 0.25) is 11.8 Å². The highest BCUT2D eigenvalue weighted by molar-refractivity contribution is 7.80. The van der Waals surface area contributed by atoms with Crippen LogP contribution in [0.15, 0.2) is 30.3 Å². The van der Waals surface area contributed by atoms with Crippen LogP contribution in [0.1, 0.15) is 42.5 Å². The molecule has 2 N–H and O–H groups in total. The van der Waals surface area contributed by atoms with Crippen LogP contribution >= 0.6 is 12.2 Å². The number of hydrogen-bond acceptors (Lipinski definition) is 4. The van der Waals surface area contributed by atoms with Crippen molar-refractivity contribution in [1.82, 2.24) is 20.4 Å². The monoisotopic (exact) mass is 402 g/mol. The lowest BCUT2D eigenvalue weighted by atomic mass is 10.1. The number of amides is 3. The minimum absolute atomic E-state index is 0.00598. The molecule has 0 saturated carbocycles. The molecule has 150 valence electrons. The molecule has 3 rings (SSSR count). The lowest BCUT2D eigenvalue weighted by molar-refractivity contribution is -0.140. The Labute approximate surface area is 170 Å². The Morgan fingerprint density at radius 2 is 1.71 bits per heavy atom. The second-order valence-electron chi connectivity index (χ2n) is 7.19. The molecular weight excluding hydrogens is 376 g/mol. The van der Waals surface area contributed by atoms with Crippen LogP contribution in [0.3, 0.4) is 0 Å². The average molecular weight is 403 g/mol. The zero-order valence-electron chi connectivity index (χ0n) is 15.9. The fraction of sp³-hybridized carbons (Fsp3) is 0.500. The molecule has 8 heteroatoms. The van der Waals surface area contributed by atoms with Gasteiger partial charge in [0.25, 0.3) is 5.91 Å². The summed E-state index contributed by atoms with van der Waals surface area (Å²) >= 11 is 5.23. The van der Waals surface area contributed by atoms with Crippen molar-refractivity contribution in [3.05, 3.63) is 35.9 Å². The molecule has 0 aliphatic carbocycles. The first-order valence-electron chi connectivity index (χ1n) is 9.78. The Balaban J connectivity index is 1.56. The SMILES string of the molecule is O=C(NC(=S)NC1CCCCN(CC(=O)N2CCCC2)C1=O)c1ccccc1. The van der Waals surface area contributed by atoms with Crippen molar-refractivity contribution in [2.24, 2.45) is 0 Å². The van der Waals surface area contributed by atoms with E-state index in [0.717, 1.165) is 38.8 Å². The largest absolute Gasteiger partial charge is 0.351 e. The molecule has 1 aromatic rings. The van der Waals surface area contributed by atoms with Gasteiger partial charge < -0.3 is 15.1 Å². The molecule has 2 aliphatic heterocycles. The van der Waals surface area contributed by atoms with Crippen LogP contribution in [-0.4, -0.2) is 64.9 Å². The van der Waals surface area contributed by atoms with E-state index in [1.165, 1.54) is 0 Å². The van der Waals surface area contributed by atoms with Gasteiger partial charge in [0.15, 0.2) is 5.11 Å². The second kappa shape index (κ2) is 9.64. The number of benzene rings is 1. The first kappa shape index (κ1) is 20.3. The van der Waals surface area contributed by atoms with E-state index in [1.54, 1.807) is 29.2 Å². The first-order chi connectivity index (χ1) is 13.5. The molecule has 1 atom stereocenters. The highest BCUT2D eigenvalue weighted by atomic mass is 32.1. The van der Waals surface area contributed by atoms with Crippen LogP contribution in [0, 0.1) is 0 Å². The van der Waals surface area contributed by atoms with E-state index in [2.05, 4.69) is 10.6 Å². The van der Waals surface area contributed by atoms with Crippen molar-refractivity contribution in [3.63, 3.8) is 0 Å². The van der Waals surface area contributed by atoms with Crippen molar-refractivity contribution in [2.75, 3.05) is 26.2 Å². The topological polar surface area (TPSA) is 81.8 Å². The third-order valence-electron chi connectivity index (χ3n) is 5.13. The average Bonchev–Trinajstić information content (AvgIpc) is 3.19. The summed E-state index contributed by atoms with van der Waals surface area (Å²) in [6, 6.07) is 8.24. The second-order valence-corrected chi connectivity index (χ2v) is 7.60. The minimum atomic E-state index is -0.530. The molecule has 7 nitrogen and oxygen atoms in total. The highest BCUT2D eigenvalue weighted by Crippen LogP contribution is 2.14. The predicted molar refractivity (Wildman–Crippen MR) is 110 cm³/mol. The highest BCUT2D eigenvalue weighted by Gasteiger charge is 2.30. The lowest BCUT2D eigenvalue weighted by Gasteiger charge is -2.27. The standard InChI is InChI=1S/C20H26N4O3S/c25-17(23-11-6-7-12-23)14-24-13-5-4-10-16(19(24)27)21-20(28)22-18(26)15-8-2-1-3-9-15/h1-3,8-9,16H,4-7,10-14H2,(H2,21,22,26,28). The third kappa shape index (κ3) is 5.28. The molecular formula is C20H26N4O3S. The number of nitrogens with zero attached hydrogens (tertiary/aromatic N) is 2. The maximum absolute atomic E-state index is 12.9. The molecule has 3 amide bonds. The van der Waals surface area contributed by atoms with E-state index >= 15 is 0 Å². The summed E-state index contributed by atoms with van der Waals surface area (Å²) in [5.74, 6) is -0.451. The van der Waals surface area contributed by atoms with Crippen LogP contribution < -0.4 is 10.6 Å². The predicted octanol–water partition coefficient (Wildman–Crippen LogP) is 1.29. The Morgan fingerprint density at radius 3 is 2.43 bits per heavy atom. The number of carbonyl (C=O) groups is 3. The van der Waals surface area contributed by atoms with Gasteiger partial charge in [-0.3, -0.25) is 19.7 Å². The van der Waals surface area contributed by atoms with Crippen molar-refractivity contribution in [1.29, 1.82) is 0 Å².